The zero-order valence-corrected chi connectivity index (χ0v) is 7.06. The van der Waals surface area contributed by atoms with Gasteiger partial charge in [-0.05, 0) is 31.5 Å². The summed E-state index contributed by atoms with van der Waals surface area (Å²) in [5.74, 6) is 1.08. The van der Waals surface area contributed by atoms with Crippen molar-refractivity contribution < 1.29 is 4.42 Å². The molecular weight excluding hydrogens is 162 g/mol. The summed E-state index contributed by atoms with van der Waals surface area (Å²) in [6.07, 6.45) is 4.22. The molecule has 0 bridgehead atoms. The van der Waals surface area contributed by atoms with E-state index in [1.807, 2.05) is 12.1 Å². The first kappa shape index (κ1) is 8.62. The van der Waals surface area contributed by atoms with Crippen LogP contribution in [0.2, 0.25) is 0 Å². The van der Waals surface area contributed by atoms with Crippen molar-refractivity contribution in [3.8, 4) is 0 Å². The van der Waals surface area contributed by atoms with Crippen LogP contribution in [0, 0.1) is 0 Å². The second kappa shape index (κ2) is 3.79. The Kier molecular flexibility index (Phi) is 2.97. The van der Waals surface area contributed by atoms with Crippen LogP contribution in [0.4, 0.5) is 0 Å². The summed E-state index contributed by atoms with van der Waals surface area (Å²) in [5, 5.41) is 3.37. The molecule has 0 spiro atoms. The Morgan fingerprint density at radius 1 is 1.55 bits per heavy atom. The first-order valence-electron chi connectivity index (χ1n) is 3.73. The maximum Gasteiger partial charge on any atom is 0.120 e. The van der Waals surface area contributed by atoms with Crippen molar-refractivity contribution in [1.29, 1.82) is 0 Å². The van der Waals surface area contributed by atoms with Gasteiger partial charge in [0.2, 0.25) is 0 Å². The van der Waals surface area contributed by atoms with Crippen molar-refractivity contribution in [2.45, 2.75) is 18.9 Å². The Balaban J connectivity index is 0.000000605. The van der Waals surface area contributed by atoms with Crippen LogP contribution in [-0.4, -0.2) is 6.54 Å². The second-order valence-corrected chi connectivity index (χ2v) is 2.66. The predicted molar refractivity (Wildman–Crippen MR) is 45.9 cm³/mol. The van der Waals surface area contributed by atoms with Gasteiger partial charge in [0.15, 0.2) is 0 Å². The molecule has 0 amide bonds. The van der Waals surface area contributed by atoms with Crippen LogP contribution < -0.4 is 5.32 Å². The molecule has 0 aromatic carbocycles. The van der Waals surface area contributed by atoms with E-state index in [1.54, 1.807) is 6.26 Å². The van der Waals surface area contributed by atoms with Gasteiger partial charge in [-0.3, -0.25) is 0 Å². The van der Waals surface area contributed by atoms with E-state index < -0.39 is 0 Å². The third-order valence-corrected chi connectivity index (χ3v) is 1.95. The van der Waals surface area contributed by atoms with Crippen LogP contribution in [0.3, 0.4) is 0 Å². The Bertz CT molecular complexity index is 192. The van der Waals surface area contributed by atoms with Crippen molar-refractivity contribution in [1.82, 2.24) is 5.32 Å². The Morgan fingerprint density at radius 3 is 3.00 bits per heavy atom. The maximum absolute atomic E-state index is 5.25. The molecule has 1 aromatic heterocycles. The van der Waals surface area contributed by atoms with Crippen LogP contribution in [0.5, 0.6) is 0 Å². The molecule has 2 heterocycles. The highest BCUT2D eigenvalue weighted by Gasteiger charge is 2.17. The molecule has 3 heteroatoms. The van der Waals surface area contributed by atoms with E-state index in [9.17, 15) is 0 Å². The third-order valence-electron chi connectivity index (χ3n) is 1.95. The zero-order chi connectivity index (χ0) is 6.81. The molecule has 1 atom stereocenters. The minimum Gasteiger partial charge on any atom is -0.468 e. The van der Waals surface area contributed by atoms with E-state index in [4.69, 9.17) is 4.42 Å². The molecule has 0 radical (unpaired) electrons. The third kappa shape index (κ3) is 1.76. The molecule has 62 valence electrons. The molecule has 1 aromatic rings. The van der Waals surface area contributed by atoms with Crippen LogP contribution in [0.15, 0.2) is 22.8 Å². The quantitative estimate of drug-likeness (QED) is 0.704. The van der Waals surface area contributed by atoms with E-state index in [-0.39, 0.29) is 12.4 Å². The van der Waals surface area contributed by atoms with Crippen LogP contribution in [0.1, 0.15) is 24.6 Å². The fourth-order valence-electron chi connectivity index (χ4n) is 1.42. The summed E-state index contributed by atoms with van der Waals surface area (Å²) in [6.45, 7) is 1.13. The van der Waals surface area contributed by atoms with Crippen molar-refractivity contribution >= 4 is 12.4 Å². The lowest BCUT2D eigenvalue weighted by molar-refractivity contribution is 0.446. The molecule has 1 fully saturated rings. The molecule has 1 aliphatic rings. The van der Waals surface area contributed by atoms with Crippen molar-refractivity contribution in [3.63, 3.8) is 0 Å². The van der Waals surface area contributed by atoms with Gasteiger partial charge in [0.05, 0.1) is 12.3 Å². The highest BCUT2D eigenvalue weighted by molar-refractivity contribution is 5.85. The van der Waals surface area contributed by atoms with E-state index >= 15 is 0 Å². The smallest absolute Gasteiger partial charge is 0.120 e. The second-order valence-electron chi connectivity index (χ2n) is 2.66. The highest BCUT2D eigenvalue weighted by atomic mass is 35.5. The average Bonchev–Trinajstić information content (AvgIpc) is 2.59. The van der Waals surface area contributed by atoms with Crippen LogP contribution in [-0.2, 0) is 0 Å². The molecule has 11 heavy (non-hydrogen) atoms. The molecule has 1 aliphatic heterocycles. The maximum atomic E-state index is 5.25. The summed E-state index contributed by atoms with van der Waals surface area (Å²) >= 11 is 0. The van der Waals surface area contributed by atoms with Gasteiger partial charge in [-0.25, -0.2) is 0 Å². The lowest BCUT2D eigenvalue weighted by Gasteiger charge is -2.03. The topological polar surface area (TPSA) is 25.2 Å². The predicted octanol–water partition coefficient (Wildman–Crippen LogP) is 2.13. The molecular formula is C8H12ClNO. The summed E-state index contributed by atoms with van der Waals surface area (Å²) < 4.78 is 5.25. The van der Waals surface area contributed by atoms with Gasteiger partial charge in [-0.15, -0.1) is 12.4 Å². The Morgan fingerprint density at radius 2 is 2.45 bits per heavy atom. The van der Waals surface area contributed by atoms with E-state index in [0.29, 0.717) is 6.04 Å². The van der Waals surface area contributed by atoms with Gasteiger partial charge < -0.3 is 9.73 Å². The Labute approximate surface area is 72.4 Å². The summed E-state index contributed by atoms with van der Waals surface area (Å²) in [6, 6.07) is 4.45. The SMILES string of the molecule is Cl.c1coc([C@H]2CCCN2)c1. The normalized spacial score (nSPS) is 23.1. The van der Waals surface area contributed by atoms with E-state index in [2.05, 4.69) is 5.32 Å². The van der Waals surface area contributed by atoms with Crippen molar-refractivity contribution in [2.24, 2.45) is 0 Å². The van der Waals surface area contributed by atoms with Crippen molar-refractivity contribution in [2.75, 3.05) is 6.54 Å². The monoisotopic (exact) mass is 173 g/mol. The number of furan rings is 1. The van der Waals surface area contributed by atoms with Crippen LogP contribution in [0.25, 0.3) is 0 Å². The van der Waals surface area contributed by atoms with E-state index in [1.165, 1.54) is 12.8 Å². The average molecular weight is 174 g/mol. The number of halogens is 1. The van der Waals surface area contributed by atoms with Gasteiger partial charge in [-0.2, -0.15) is 0 Å². The first-order valence-corrected chi connectivity index (χ1v) is 3.73. The van der Waals surface area contributed by atoms with E-state index in [0.717, 1.165) is 12.3 Å². The van der Waals surface area contributed by atoms with Crippen molar-refractivity contribution in [3.05, 3.63) is 24.2 Å². The van der Waals surface area contributed by atoms with Gasteiger partial charge in [0.25, 0.3) is 0 Å². The van der Waals surface area contributed by atoms with Gasteiger partial charge in [0.1, 0.15) is 5.76 Å². The zero-order valence-electron chi connectivity index (χ0n) is 6.25. The molecule has 1 N–H and O–H groups in total. The van der Waals surface area contributed by atoms with Gasteiger partial charge in [0, 0.05) is 0 Å². The fraction of sp³-hybridized carbons (Fsp3) is 0.500. The molecule has 0 unspecified atom stereocenters. The number of nitrogens with one attached hydrogen (secondary N) is 1. The fourth-order valence-corrected chi connectivity index (χ4v) is 1.42. The summed E-state index contributed by atoms with van der Waals surface area (Å²) in [4.78, 5) is 0. The number of hydrogen-bond donors (Lipinski definition) is 1. The first-order chi connectivity index (χ1) is 4.97. The van der Waals surface area contributed by atoms with Gasteiger partial charge in [-0.1, -0.05) is 0 Å². The molecule has 2 nitrogen and oxygen atoms in total. The van der Waals surface area contributed by atoms with Crippen LogP contribution >= 0.6 is 12.4 Å². The number of hydrogen-bond acceptors (Lipinski definition) is 2. The standard InChI is InChI=1S/C8H11NO.ClH/c1-3-7(9-5-1)8-4-2-6-10-8;/h2,4,6-7,9H,1,3,5H2;1H/t7-;/m1./s1. The summed E-state index contributed by atoms with van der Waals surface area (Å²) in [7, 11) is 0. The Hall–Kier alpha value is -0.470. The summed E-state index contributed by atoms with van der Waals surface area (Å²) in [5.41, 5.74) is 0. The minimum atomic E-state index is 0. The number of rotatable bonds is 1. The lowest BCUT2D eigenvalue weighted by atomic mass is 10.2. The molecule has 2 rings (SSSR count). The molecule has 0 aliphatic carbocycles. The highest BCUT2D eigenvalue weighted by Crippen LogP contribution is 2.22. The van der Waals surface area contributed by atoms with Gasteiger partial charge >= 0.3 is 0 Å². The molecule has 0 saturated carbocycles. The molecule has 1 saturated heterocycles. The minimum absolute atomic E-state index is 0. The largest absolute Gasteiger partial charge is 0.468 e. The lowest BCUT2D eigenvalue weighted by Crippen LogP contribution is -2.11.